The van der Waals surface area contributed by atoms with Crippen LogP contribution in [0.1, 0.15) is 16.8 Å². The van der Waals surface area contributed by atoms with Crippen molar-refractivity contribution in [1.82, 2.24) is 14.5 Å². The molecule has 0 aliphatic rings. The van der Waals surface area contributed by atoms with E-state index in [0.717, 1.165) is 32.5 Å². The second-order valence-corrected chi connectivity index (χ2v) is 7.20. The number of benzene rings is 2. The second kappa shape index (κ2) is 6.62. The Morgan fingerprint density at radius 1 is 1.04 bits per heavy atom. The van der Waals surface area contributed by atoms with Crippen LogP contribution in [0, 0.1) is 6.92 Å². The van der Waals surface area contributed by atoms with Crippen molar-refractivity contribution in [2.45, 2.75) is 13.3 Å². The molecule has 0 atom stereocenters. The Morgan fingerprint density at radius 2 is 1.76 bits per heavy atom. The van der Waals surface area contributed by atoms with E-state index in [1.807, 2.05) is 30.3 Å². The van der Waals surface area contributed by atoms with E-state index in [9.17, 15) is 0 Å². The lowest BCUT2D eigenvalue weighted by atomic mass is 10.1. The van der Waals surface area contributed by atoms with Crippen molar-refractivity contribution in [2.24, 2.45) is 0 Å². The average Bonchev–Trinajstić information content (AvgIpc) is 2.90. The molecule has 124 valence electrons. The highest BCUT2D eigenvalue weighted by Crippen LogP contribution is 2.34. The summed E-state index contributed by atoms with van der Waals surface area (Å²) in [6, 6.07) is 16.2. The summed E-state index contributed by atoms with van der Waals surface area (Å²) in [6.07, 6.45) is 4.29. The van der Waals surface area contributed by atoms with Crippen LogP contribution in [0.15, 0.2) is 65.4 Å². The summed E-state index contributed by atoms with van der Waals surface area (Å²) in [4.78, 5) is 8.92. The molecule has 2 aromatic carbocycles. The monoisotopic (exact) mass is 411 g/mol. The molecular formula is C20H15BrClN3. The molecule has 0 amide bonds. The van der Waals surface area contributed by atoms with E-state index in [1.54, 1.807) is 12.4 Å². The van der Waals surface area contributed by atoms with Crippen LogP contribution in [-0.4, -0.2) is 14.5 Å². The van der Waals surface area contributed by atoms with E-state index in [-0.39, 0.29) is 0 Å². The van der Waals surface area contributed by atoms with E-state index in [1.165, 1.54) is 11.1 Å². The Labute approximate surface area is 159 Å². The van der Waals surface area contributed by atoms with Gasteiger partial charge in [0.15, 0.2) is 0 Å². The largest absolute Gasteiger partial charge is 0.281 e. The normalized spacial score (nSPS) is 11.2. The van der Waals surface area contributed by atoms with Gasteiger partial charge in [0.2, 0.25) is 5.95 Å². The molecular weight excluding hydrogens is 398 g/mol. The molecule has 2 heterocycles. The highest BCUT2D eigenvalue weighted by atomic mass is 79.9. The molecule has 0 aliphatic heterocycles. The van der Waals surface area contributed by atoms with Crippen LogP contribution in [0.3, 0.4) is 0 Å². The van der Waals surface area contributed by atoms with E-state index >= 15 is 0 Å². The van der Waals surface area contributed by atoms with Crippen LogP contribution in [0.5, 0.6) is 0 Å². The molecule has 0 radical (unpaired) electrons. The van der Waals surface area contributed by atoms with E-state index in [2.05, 4.69) is 55.6 Å². The fraction of sp³-hybridized carbons (Fsp3) is 0.100. The number of nitrogens with zero attached hydrogens (tertiary/aromatic N) is 3. The van der Waals surface area contributed by atoms with Crippen LogP contribution in [0.4, 0.5) is 0 Å². The van der Waals surface area contributed by atoms with E-state index in [0.29, 0.717) is 5.95 Å². The van der Waals surface area contributed by atoms with Crippen molar-refractivity contribution in [2.75, 3.05) is 0 Å². The maximum atomic E-state index is 6.02. The number of aromatic nitrogens is 3. The molecule has 0 aliphatic carbocycles. The lowest BCUT2D eigenvalue weighted by Crippen LogP contribution is -2.05. The number of hydrogen-bond donors (Lipinski definition) is 0. The Hall–Kier alpha value is -2.17. The number of hydrogen-bond acceptors (Lipinski definition) is 2. The molecule has 2 aromatic heterocycles. The Kier molecular flexibility index (Phi) is 4.32. The molecule has 25 heavy (non-hydrogen) atoms. The molecule has 4 rings (SSSR count). The molecule has 0 fully saturated rings. The summed E-state index contributed by atoms with van der Waals surface area (Å²) in [5.41, 5.74) is 4.61. The van der Waals surface area contributed by atoms with Crippen LogP contribution < -0.4 is 0 Å². The molecule has 0 saturated heterocycles. The minimum atomic E-state index is 0.672. The summed E-state index contributed by atoms with van der Waals surface area (Å²) in [7, 11) is 0. The number of halogens is 2. The zero-order valence-corrected chi connectivity index (χ0v) is 15.9. The Morgan fingerprint density at radius 3 is 2.48 bits per heavy atom. The number of rotatable bonds is 3. The third-order valence-electron chi connectivity index (χ3n) is 4.19. The van der Waals surface area contributed by atoms with Gasteiger partial charge in [0, 0.05) is 39.4 Å². The van der Waals surface area contributed by atoms with Crippen molar-refractivity contribution in [3.8, 4) is 5.95 Å². The first-order valence-corrected chi connectivity index (χ1v) is 9.12. The lowest BCUT2D eigenvalue weighted by molar-refractivity contribution is 0.895. The van der Waals surface area contributed by atoms with Gasteiger partial charge in [0.25, 0.3) is 0 Å². The van der Waals surface area contributed by atoms with Gasteiger partial charge in [-0.2, -0.15) is 0 Å². The Bertz CT molecular complexity index is 1040. The molecule has 0 saturated carbocycles. The standard InChI is InChI=1S/C20H15BrClN3/c1-13-3-8-17-16(11-13)19(21)18(12-14-4-6-15(22)7-5-14)25(17)20-23-9-2-10-24-20/h2-11H,12H2,1H3. The molecule has 0 N–H and O–H groups in total. The first-order valence-electron chi connectivity index (χ1n) is 7.95. The smallest absolute Gasteiger partial charge is 0.234 e. The highest BCUT2D eigenvalue weighted by molar-refractivity contribution is 9.10. The van der Waals surface area contributed by atoms with Gasteiger partial charge in [-0.1, -0.05) is 35.4 Å². The topological polar surface area (TPSA) is 30.7 Å². The summed E-state index contributed by atoms with van der Waals surface area (Å²) >= 11 is 9.82. The zero-order valence-electron chi connectivity index (χ0n) is 13.6. The Balaban J connectivity index is 1.95. The van der Waals surface area contributed by atoms with Crippen molar-refractivity contribution in [3.05, 3.63) is 87.2 Å². The van der Waals surface area contributed by atoms with Crippen LogP contribution in [0.2, 0.25) is 5.02 Å². The van der Waals surface area contributed by atoms with Gasteiger partial charge in [-0.25, -0.2) is 9.97 Å². The summed E-state index contributed by atoms with van der Waals surface area (Å²) in [6.45, 7) is 2.10. The highest BCUT2D eigenvalue weighted by Gasteiger charge is 2.18. The van der Waals surface area contributed by atoms with E-state index < -0.39 is 0 Å². The summed E-state index contributed by atoms with van der Waals surface area (Å²) < 4.78 is 3.20. The van der Waals surface area contributed by atoms with Crippen molar-refractivity contribution in [3.63, 3.8) is 0 Å². The SMILES string of the molecule is Cc1ccc2c(c1)c(Br)c(Cc1ccc(Cl)cc1)n2-c1ncccn1. The van der Waals surface area contributed by atoms with Crippen molar-refractivity contribution < 1.29 is 0 Å². The zero-order chi connectivity index (χ0) is 17.4. The summed E-state index contributed by atoms with van der Waals surface area (Å²) in [5, 5.41) is 1.90. The number of fused-ring (bicyclic) bond motifs is 1. The van der Waals surface area contributed by atoms with Crippen LogP contribution in [-0.2, 0) is 6.42 Å². The van der Waals surface area contributed by atoms with Gasteiger partial charge >= 0.3 is 0 Å². The second-order valence-electron chi connectivity index (χ2n) is 5.97. The molecule has 3 nitrogen and oxygen atoms in total. The van der Waals surface area contributed by atoms with Crippen molar-refractivity contribution in [1.29, 1.82) is 0 Å². The fourth-order valence-electron chi connectivity index (χ4n) is 3.01. The molecule has 0 unspecified atom stereocenters. The fourth-order valence-corrected chi connectivity index (χ4v) is 3.77. The predicted molar refractivity (Wildman–Crippen MR) is 106 cm³/mol. The molecule has 5 heteroatoms. The minimum Gasteiger partial charge on any atom is -0.281 e. The minimum absolute atomic E-state index is 0.672. The summed E-state index contributed by atoms with van der Waals surface area (Å²) in [5.74, 6) is 0.672. The maximum absolute atomic E-state index is 6.02. The average molecular weight is 413 g/mol. The van der Waals surface area contributed by atoms with Gasteiger partial charge in [-0.05, 0) is 58.7 Å². The molecule has 0 spiro atoms. The van der Waals surface area contributed by atoms with Gasteiger partial charge in [-0.3, -0.25) is 4.57 Å². The van der Waals surface area contributed by atoms with Crippen molar-refractivity contribution >= 4 is 38.4 Å². The molecule has 4 aromatic rings. The van der Waals surface area contributed by atoms with Crippen LogP contribution >= 0.6 is 27.5 Å². The van der Waals surface area contributed by atoms with Gasteiger partial charge in [0.1, 0.15) is 0 Å². The third kappa shape index (κ3) is 3.08. The first kappa shape index (κ1) is 16.3. The van der Waals surface area contributed by atoms with Gasteiger partial charge in [0.05, 0.1) is 5.52 Å². The van der Waals surface area contributed by atoms with Crippen LogP contribution in [0.25, 0.3) is 16.9 Å². The maximum Gasteiger partial charge on any atom is 0.234 e. The van der Waals surface area contributed by atoms with Gasteiger partial charge in [-0.15, -0.1) is 0 Å². The lowest BCUT2D eigenvalue weighted by Gasteiger charge is -2.09. The predicted octanol–water partition coefficient (Wildman–Crippen LogP) is 5.74. The third-order valence-corrected chi connectivity index (χ3v) is 5.33. The van der Waals surface area contributed by atoms with E-state index in [4.69, 9.17) is 11.6 Å². The van der Waals surface area contributed by atoms with Gasteiger partial charge < -0.3 is 0 Å². The molecule has 0 bridgehead atoms. The quantitative estimate of drug-likeness (QED) is 0.430. The number of aryl methyl sites for hydroxylation is 1. The first-order chi connectivity index (χ1) is 12.1.